The van der Waals surface area contributed by atoms with Gasteiger partial charge >= 0.3 is 0 Å². The largest absolute Gasteiger partial charge is 0.497 e. The van der Waals surface area contributed by atoms with Crippen molar-refractivity contribution in [3.8, 4) is 5.75 Å². The maximum atomic E-state index is 5.32. The smallest absolute Gasteiger partial charge is 0.119 e. The van der Waals surface area contributed by atoms with Crippen LogP contribution in [0.5, 0.6) is 5.75 Å². The van der Waals surface area contributed by atoms with Gasteiger partial charge in [-0.25, -0.2) is 0 Å². The molecule has 100 valence electrons. The van der Waals surface area contributed by atoms with Gasteiger partial charge in [0.15, 0.2) is 0 Å². The highest BCUT2D eigenvalue weighted by molar-refractivity contribution is 5.30. The highest BCUT2D eigenvalue weighted by atomic mass is 16.5. The van der Waals surface area contributed by atoms with E-state index in [0.717, 1.165) is 18.7 Å². The molecule has 1 aromatic rings. The van der Waals surface area contributed by atoms with Crippen molar-refractivity contribution in [2.45, 2.75) is 45.6 Å². The van der Waals surface area contributed by atoms with E-state index < -0.39 is 0 Å². The molecule has 1 unspecified atom stereocenters. The molecular formula is C16H25NO. The predicted octanol–water partition coefficient (Wildman–Crippen LogP) is 3.41. The Morgan fingerprint density at radius 3 is 2.67 bits per heavy atom. The zero-order chi connectivity index (χ0) is 13.2. The minimum Gasteiger partial charge on any atom is -0.497 e. The number of hydrogen-bond donors (Lipinski definition) is 1. The molecular weight excluding hydrogens is 222 g/mol. The zero-order valence-electron chi connectivity index (χ0n) is 12.0. The number of ether oxygens (including phenoxy) is 1. The maximum absolute atomic E-state index is 5.32. The number of benzene rings is 1. The summed E-state index contributed by atoms with van der Waals surface area (Å²) in [5, 5.41) is 3.76. The third kappa shape index (κ3) is 2.54. The molecule has 1 saturated heterocycles. The van der Waals surface area contributed by atoms with E-state index in [2.05, 4.69) is 44.3 Å². The van der Waals surface area contributed by atoms with E-state index in [9.17, 15) is 0 Å². The summed E-state index contributed by atoms with van der Waals surface area (Å²) in [7, 11) is 1.73. The van der Waals surface area contributed by atoms with Crippen LogP contribution in [0.2, 0.25) is 0 Å². The van der Waals surface area contributed by atoms with Gasteiger partial charge in [-0.1, -0.05) is 32.9 Å². The highest BCUT2D eigenvalue weighted by Gasteiger charge is 2.43. The molecule has 0 amide bonds. The number of methoxy groups -OCH3 is 1. The minimum absolute atomic E-state index is 0.222. The van der Waals surface area contributed by atoms with Crippen LogP contribution in [0.15, 0.2) is 24.3 Å². The van der Waals surface area contributed by atoms with Crippen LogP contribution in [-0.2, 0) is 6.42 Å². The topological polar surface area (TPSA) is 21.3 Å². The molecule has 1 aliphatic rings. The summed E-state index contributed by atoms with van der Waals surface area (Å²) in [6, 6.07) is 8.46. The molecule has 2 heteroatoms. The molecule has 2 nitrogen and oxygen atoms in total. The van der Waals surface area contributed by atoms with Gasteiger partial charge < -0.3 is 10.1 Å². The number of hydrogen-bond acceptors (Lipinski definition) is 2. The Kier molecular flexibility index (Phi) is 3.67. The number of rotatable bonds is 3. The Labute approximate surface area is 111 Å². The Hall–Kier alpha value is -1.02. The molecule has 1 fully saturated rings. The first kappa shape index (κ1) is 13.4. The Morgan fingerprint density at radius 2 is 2.11 bits per heavy atom. The second-order valence-electron chi connectivity index (χ2n) is 6.39. The van der Waals surface area contributed by atoms with Crippen molar-refractivity contribution in [3.05, 3.63) is 29.8 Å². The van der Waals surface area contributed by atoms with Crippen LogP contribution in [0.4, 0.5) is 0 Å². The normalized spacial score (nSPS) is 24.2. The van der Waals surface area contributed by atoms with Gasteiger partial charge in [-0.15, -0.1) is 0 Å². The monoisotopic (exact) mass is 247 g/mol. The van der Waals surface area contributed by atoms with Crippen molar-refractivity contribution in [1.29, 1.82) is 0 Å². The van der Waals surface area contributed by atoms with E-state index >= 15 is 0 Å². The molecule has 1 aliphatic heterocycles. The van der Waals surface area contributed by atoms with Crippen LogP contribution in [0.3, 0.4) is 0 Å². The number of nitrogens with one attached hydrogen (secondary N) is 1. The van der Waals surface area contributed by atoms with Crippen molar-refractivity contribution in [3.63, 3.8) is 0 Å². The fraction of sp³-hybridized carbons (Fsp3) is 0.625. The van der Waals surface area contributed by atoms with E-state index in [1.54, 1.807) is 7.11 Å². The molecule has 2 rings (SSSR count). The third-order valence-electron chi connectivity index (χ3n) is 4.32. The van der Waals surface area contributed by atoms with Gasteiger partial charge in [0.05, 0.1) is 7.11 Å². The molecule has 0 radical (unpaired) electrons. The van der Waals surface area contributed by atoms with Gasteiger partial charge in [0.2, 0.25) is 0 Å². The zero-order valence-corrected chi connectivity index (χ0v) is 12.0. The minimum atomic E-state index is 0.222. The van der Waals surface area contributed by atoms with Crippen molar-refractivity contribution in [2.24, 2.45) is 5.41 Å². The van der Waals surface area contributed by atoms with Gasteiger partial charge in [-0.05, 0) is 48.9 Å². The van der Waals surface area contributed by atoms with E-state index in [1.165, 1.54) is 18.4 Å². The lowest BCUT2D eigenvalue weighted by molar-refractivity contribution is 0.159. The quantitative estimate of drug-likeness (QED) is 0.884. The van der Waals surface area contributed by atoms with Crippen LogP contribution in [0, 0.1) is 5.41 Å². The van der Waals surface area contributed by atoms with Gasteiger partial charge in [-0.3, -0.25) is 0 Å². The first-order valence-electron chi connectivity index (χ1n) is 6.85. The summed E-state index contributed by atoms with van der Waals surface area (Å²) in [5.74, 6) is 0.953. The average Bonchev–Trinajstić information content (AvgIpc) is 2.78. The maximum Gasteiger partial charge on any atom is 0.119 e. The van der Waals surface area contributed by atoms with Crippen molar-refractivity contribution in [2.75, 3.05) is 13.7 Å². The molecule has 0 aromatic heterocycles. The first-order chi connectivity index (χ1) is 8.47. The standard InChI is InChI=1S/C16H25NO/c1-15(2,3)16(9-6-10-17-16)12-13-7-5-8-14(11-13)18-4/h5,7-8,11,17H,6,9-10,12H2,1-4H3. The fourth-order valence-corrected chi connectivity index (χ4v) is 2.99. The molecule has 0 bridgehead atoms. The molecule has 1 atom stereocenters. The Bertz CT molecular complexity index is 400. The summed E-state index contributed by atoms with van der Waals surface area (Å²) in [6.07, 6.45) is 3.61. The van der Waals surface area contributed by atoms with E-state index in [-0.39, 0.29) is 11.0 Å². The van der Waals surface area contributed by atoms with E-state index in [1.807, 2.05) is 6.07 Å². The Morgan fingerprint density at radius 1 is 1.33 bits per heavy atom. The van der Waals surface area contributed by atoms with Gasteiger partial charge in [0, 0.05) is 5.54 Å². The van der Waals surface area contributed by atoms with Gasteiger partial charge in [-0.2, -0.15) is 0 Å². The molecule has 18 heavy (non-hydrogen) atoms. The summed E-state index contributed by atoms with van der Waals surface area (Å²) in [5.41, 5.74) is 1.85. The van der Waals surface area contributed by atoms with E-state index in [0.29, 0.717) is 0 Å². The summed E-state index contributed by atoms with van der Waals surface area (Å²) >= 11 is 0. The fourth-order valence-electron chi connectivity index (χ4n) is 2.99. The van der Waals surface area contributed by atoms with Crippen molar-refractivity contribution >= 4 is 0 Å². The third-order valence-corrected chi connectivity index (χ3v) is 4.32. The summed E-state index contributed by atoms with van der Waals surface area (Å²) in [6.45, 7) is 8.16. The average molecular weight is 247 g/mol. The lowest BCUT2D eigenvalue weighted by Gasteiger charge is -2.42. The molecule has 0 saturated carbocycles. The lowest BCUT2D eigenvalue weighted by Crippen LogP contribution is -2.52. The summed E-state index contributed by atoms with van der Waals surface area (Å²) in [4.78, 5) is 0. The predicted molar refractivity (Wildman–Crippen MR) is 76.1 cm³/mol. The van der Waals surface area contributed by atoms with Crippen molar-refractivity contribution < 1.29 is 4.74 Å². The van der Waals surface area contributed by atoms with Crippen LogP contribution >= 0.6 is 0 Å². The second-order valence-corrected chi connectivity index (χ2v) is 6.39. The van der Waals surface area contributed by atoms with Crippen LogP contribution in [0.1, 0.15) is 39.2 Å². The van der Waals surface area contributed by atoms with E-state index in [4.69, 9.17) is 4.74 Å². The first-order valence-corrected chi connectivity index (χ1v) is 6.85. The van der Waals surface area contributed by atoms with Crippen LogP contribution in [-0.4, -0.2) is 19.2 Å². The lowest BCUT2D eigenvalue weighted by atomic mass is 9.69. The van der Waals surface area contributed by atoms with Crippen LogP contribution in [0.25, 0.3) is 0 Å². The van der Waals surface area contributed by atoms with Gasteiger partial charge in [0.1, 0.15) is 5.75 Å². The molecule has 1 N–H and O–H groups in total. The molecule has 1 aromatic carbocycles. The van der Waals surface area contributed by atoms with Gasteiger partial charge in [0.25, 0.3) is 0 Å². The SMILES string of the molecule is COc1cccc(CC2(C(C)(C)C)CCCN2)c1. The molecule has 0 aliphatic carbocycles. The summed E-state index contributed by atoms with van der Waals surface area (Å²) < 4.78 is 5.32. The highest BCUT2D eigenvalue weighted by Crippen LogP contribution is 2.40. The molecule has 1 heterocycles. The van der Waals surface area contributed by atoms with Crippen molar-refractivity contribution in [1.82, 2.24) is 5.32 Å². The molecule has 0 spiro atoms. The Balaban J connectivity index is 2.24. The van der Waals surface area contributed by atoms with Crippen LogP contribution < -0.4 is 10.1 Å². The second kappa shape index (κ2) is 4.93.